The molecular weight excluding hydrogens is 353 g/mol. The van der Waals surface area contributed by atoms with Gasteiger partial charge in [0.1, 0.15) is 11.6 Å². The molecule has 1 aliphatic rings. The predicted octanol–water partition coefficient (Wildman–Crippen LogP) is 4.01. The number of imidazole rings is 1. The highest BCUT2D eigenvalue weighted by Gasteiger charge is 2.36. The number of piperidine rings is 1. The van der Waals surface area contributed by atoms with Crippen molar-refractivity contribution < 1.29 is 9.50 Å². The fourth-order valence-corrected chi connectivity index (χ4v) is 4.62. The maximum Gasteiger partial charge on any atom is 0.126 e. The Balaban J connectivity index is 1.56. The van der Waals surface area contributed by atoms with Gasteiger partial charge in [-0.3, -0.25) is 4.90 Å². The van der Waals surface area contributed by atoms with Crippen LogP contribution >= 0.6 is 0 Å². The monoisotopic (exact) mass is 381 g/mol. The SMILES string of the molecule is CCn1c(CN2CCCC(CO)(Cc3ccccc3F)C2)nc2ccccc21. The third kappa shape index (κ3) is 3.69. The Hall–Kier alpha value is -2.24. The number of nitrogens with zero attached hydrogens (tertiary/aromatic N) is 3. The number of likely N-dealkylation sites (tertiary alicyclic amines) is 1. The van der Waals surface area contributed by atoms with Crippen LogP contribution in [-0.4, -0.2) is 39.3 Å². The lowest BCUT2D eigenvalue weighted by atomic mass is 9.75. The number of hydrogen-bond acceptors (Lipinski definition) is 3. The van der Waals surface area contributed by atoms with Gasteiger partial charge in [-0.2, -0.15) is 0 Å². The van der Waals surface area contributed by atoms with Gasteiger partial charge in [0.2, 0.25) is 0 Å². The molecule has 0 aliphatic carbocycles. The highest BCUT2D eigenvalue weighted by molar-refractivity contribution is 5.75. The van der Waals surface area contributed by atoms with Gasteiger partial charge in [-0.1, -0.05) is 30.3 Å². The van der Waals surface area contributed by atoms with Crippen LogP contribution in [0.5, 0.6) is 0 Å². The Morgan fingerprint density at radius 1 is 1.14 bits per heavy atom. The van der Waals surface area contributed by atoms with E-state index in [0.717, 1.165) is 55.9 Å². The van der Waals surface area contributed by atoms with Gasteiger partial charge >= 0.3 is 0 Å². The van der Waals surface area contributed by atoms with Gasteiger partial charge in [-0.05, 0) is 56.5 Å². The van der Waals surface area contributed by atoms with E-state index in [9.17, 15) is 9.50 Å². The lowest BCUT2D eigenvalue weighted by molar-refractivity contribution is 0.0269. The second-order valence-corrected chi connectivity index (χ2v) is 8.00. The molecule has 3 aromatic rings. The summed E-state index contributed by atoms with van der Waals surface area (Å²) < 4.78 is 16.5. The molecule has 1 saturated heterocycles. The van der Waals surface area contributed by atoms with Crippen LogP contribution < -0.4 is 0 Å². The molecule has 5 heteroatoms. The first kappa shape index (κ1) is 19.1. The van der Waals surface area contributed by atoms with Crippen molar-refractivity contribution in [2.75, 3.05) is 19.7 Å². The van der Waals surface area contributed by atoms with E-state index in [0.29, 0.717) is 12.0 Å². The fraction of sp³-hybridized carbons (Fsp3) is 0.435. The first-order valence-corrected chi connectivity index (χ1v) is 10.1. The number of aliphatic hydroxyl groups excluding tert-OH is 1. The summed E-state index contributed by atoms with van der Waals surface area (Å²) in [6.07, 6.45) is 2.48. The lowest BCUT2D eigenvalue weighted by Crippen LogP contribution is -2.46. The van der Waals surface area contributed by atoms with Gasteiger partial charge in [-0.25, -0.2) is 9.37 Å². The normalized spacial score (nSPS) is 20.7. The van der Waals surface area contributed by atoms with E-state index in [-0.39, 0.29) is 17.8 Å². The molecular formula is C23H28FN3O. The highest BCUT2D eigenvalue weighted by Crippen LogP contribution is 2.34. The predicted molar refractivity (Wildman–Crippen MR) is 110 cm³/mol. The van der Waals surface area contributed by atoms with Crippen LogP contribution in [0.1, 0.15) is 31.2 Å². The van der Waals surface area contributed by atoms with Crippen LogP contribution in [0.15, 0.2) is 48.5 Å². The zero-order valence-electron chi connectivity index (χ0n) is 16.4. The quantitative estimate of drug-likeness (QED) is 0.701. The summed E-state index contributed by atoms with van der Waals surface area (Å²) in [5.41, 5.74) is 2.58. The average molecular weight is 381 g/mol. The molecule has 1 fully saturated rings. The number of aliphatic hydroxyl groups is 1. The van der Waals surface area contributed by atoms with E-state index in [1.54, 1.807) is 6.07 Å². The fourth-order valence-electron chi connectivity index (χ4n) is 4.62. The zero-order chi connectivity index (χ0) is 19.6. The first-order valence-electron chi connectivity index (χ1n) is 10.1. The first-order chi connectivity index (χ1) is 13.6. The van der Waals surface area contributed by atoms with Crippen molar-refractivity contribution in [1.29, 1.82) is 0 Å². The largest absolute Gasteiger partial charge is 0.396 e. The van der Waals surface area contributed by atoms with Crippen LogP contribution in [0.25, 0.3) is 11.0 Å². The van der Waals surface area contributed by atoms with Crippen molar-refractivity contribution in [1.82, 2.24) is 14.5 Å². The molecule has 0 saturated carbocycles. The number of aromatic nitrogens is 2. The molecule has 4 rings (SSSR count). The summed E-state index contributed by atoms with van der Waals surface area (Å²) >= 11 is 0. The molecule has 2 heterocycles. The minimum Gasteiger partial charge on any atom is -0.396 e. The van der Waals surface area contributed by atoms with Gasteiger partial charge in [0.05, 0.1) is 24.2 Å². The molecule has 0 bridgehead atoms. The van der Waals surface area contributed by atoms with E-state index in [2.05, 4.69) is 28.5 Å². The molecule has 1 atom stereocenters. The average Bonchev–Trinajstić information content (AvgIpc) is 3.07. The molecule has 1 unspecified atom stereocenters. The topological polar surface area (TPSA) is 41.3 Å². The number of hydrogen-bond donors (Lipinski definition) is 1. The standard InChI is InChI=1S/C23H28FN3O/c1-2-27-21-11-6-5-10-20(21)25-22(27)15-26-13-7-12-23(16-26,17-28)14-18-8-3-4-9-19(18)24/h3-6,8-11,28H,2,7,12-17H2,1H3. The summed E-state index contributed by atoms with van der Waals surface area (Å²) in [5, 5.41) is 10.2. The number of para-hydroxylation sites is 2. The van der Waals surface area contributed by atoms with Crippen molar-refractivity contribution in [3.63, 3.8) is 0 Å². The molecule has 28 heavy (non-hydrogen) atoms. The van der Waals surface area contributed by atoms with Crippen molar-refractivity contribution in [2.45, 2.75) is 39.3 Å². The molecule has 148 valence electrons. The Labute approximate surface area is 165 Å². The van der Waals surface area contributed by atoms with Gasteiger partial charge < -0.3 is 9.67 Å². The van der Waals surface area contributed by atoms with Crippen LogP contribution in [0.2, 0.25) is 0 Å². The lowest BCUT2D eigenvalue weighted by Gasteiger charge is -2.42. The third-order valence-corrected chi connectivity index (χ3v) is 6.01. The van der Waals surface area contributed by atoms with Crippen molar-refractivity contribution in [3.8, 4) is 0 Å². The number of fused-ring (bicyclic) bond motifs is 1. The van der Waals surface area contributed by atoms with Gasteiger partial charge in [0.25, 0.3) is 0 Å². The van der Waals surface area contributed by atoms with Crippen LogP contribution in [0.4, 0.5) is 4.39 Å². The minimum atomic E-state index is -0.302. The van der Waals surface area contributed by atoms with Crippen LogP contribution in [0.3, 0.4) is 0 Å². The Morgan fingerprint density at radius 3 is 2.71 bits per heavy atom. The second kappa shape index (κ2) is 8.02. The molecule has 0 amide bonds. The van der Waals surface area contributed by atoms with E-state index >= 15 is 0 Å². The Kier molecular flexibility index (Phi) is 5.47. The molecule has 0 spiro atoms. The second-order valence-electron chi connectivity index (χ2n) is 8.00. The number of benzene rings is 2. The van der Waals surface area contributed by atoms with Crippen molar-refractivity contribution in [2.24, 2.45) is 5.41 Å². The van der Waals surface area contributed by atoms with E-state index < -0.39 is 0 Å². The van der Waals surface area contributed by atoms with Gasteiger partial charge in [0.15, 0.2) is 0 Å². The minimum absolute atomic E-state index is 0.0715. The van der Waals surface area contributed by atoms with Crippen molar-refractivity contribution in [3.05, 3.63) is 65.7 Å². The summed E-state index contributed by atoms with van der Waals surface area (Å²) in [5.74, 6) is 0.878. The van der Waals surface area contributed by atoms with E-state index in [4.69, 9.17) is 4.98 Å². The zero-order valence-corrected chi connectivity index (χ0v) is 16.4. The Morgan fingerprint density at radius 2 is 1.93 bits per heavy atom. The van der Waals surface area contributed by atoms with Gasteiger partial charge in [0, 0.05) is 18.5 Å². The molecule has 0 radical (unpaired) electrons. The molecule has 1 aliphatic heterocycles. The highest BCUT2D eigenvalue weighted by atomic mass is 19.1. The number of rotatable bonds is 6. The summed E-state index contributed by atoms with van der Waals surface area (Å²) in [6.45, 7) is 5.58. The maximum atomic E-state index is 14.2. The van der Waals surface area contributed by atoms with Crippen LogP contribution in [0, 0.1) is 11.2 Å². The molecule has 4 nitrogen and oxygen atoms in total. The maximum absolute atomic E-state index is 14.2. The number of halogens is 1. The van der Waals surface area contributed by atoms with Gasteiger partial charge in [-0.15, -0.1) is 0 Å². The molecule has 1 aromatic heterocycles. The summed E-state index contributed by atoms with van der Waals surface area (Å²) in [4.78, 5) is 7.22. The molecule has 2 aromatic carbocycles. The smallest absolute Gasteiger partial charge is 0.126 e. The molecule has 1 N–H and O–H groups in total. The number of aryl methyl sites for hydroxylation is 1. The van der Waals surface area contributed by atoms with Crippen LogP contribution in [-0.2, 0) is 19.5 Å². The summed E-state index contributed by atoms with van der Waals surface area (Å²) in [6, 6.07) is 15.2. The van der Waals surface area contributed by atoms with Crippen molar-refractivity contribution >= 4 is 11.0 Å². The van der Waals surface area contributed by atoms with E-state index in [1.165, 1.54) is 6.07 Å². The Bertz CT molecular complexity index is 954. The summed E-state index contributed by atoms with van der Waals surface area (Å²) in [7, 11) is 0. The van der Waals surface area contributed by atoms with E-state index in [1.807, 2.05) is 24.3 Å². The third-order valence-electron chi connectivity index (χ3n) is 6.01.